The molecule has 0 heterocycles. The molecule has 0 aliphatic carbocycles. The van der Waals surface area contributed by atoms with Crippen molar-refractivity contribution in [3.8, 4) is 5.75 Å². The summed E-state index contributed by atoms with van der Waals surface area (Å²) in [7, 11) is 0. The van der Waals surface area contributed by atoms with Crippen LogP contribution in [0, 0.1) is 0 Å². The Hall–Kier alpha value is -1.72. The van der Waals surface area contributed by atoms with Crippen LogP contribution in [0.2, 0.25) is 0 Å². The molecule has 3 nitrogen and oxygen atoms in total. The number of alkyl halides is 3. The quantitative estimate of drug-likeness (QED) is 0.890. The maximum absolute atomic E-state index is 12.6. The average Bonchev–Trinajstić information content (AvgIpc) is 2.24. The lowest BCUT2D eigenvalue weighted by Crippen LogP contribution is -2.13. The molecule has 0 saturated heterocycles. The topological polar surface area (TPSA) is 46.5 Å². The largest absolute Gasteiger partial charge is 0.494 e. The highest BCUT2D eigenvalue weighted by molar-refractivity contribution is 5.89. The fraction of sp³-hybridized carbons (Fsp3) is 0.364. The van der Waals surface area contributed by atoms with Gasteiger partial charge in [-0.15, -0.1) is 0 Å². The predicted molar refractivity (Wildman–Crippen MR) is 54.2 cm³/mol. The fourth-order valence-electron chi connectivity index (χ4n) is 1.25. The van der Waals surface area contributed by atoms with Crippen LogP contribution in [-0.2, 0) is 6.18 Å². The van der Waals surface area contributed by atoms with Crippen molar-refractivity contribution >= 4 is 5.97 Å². The van der Waals surface area contributed by atoms with Crippen LogP contribution in [0.15, 0.2) is 18.2 Å². The minimum atomic E-state index is -4.71. The first-order valence-electron chi connectivity index (χ1n) is 4.93. The predicted octanol–water partition coefficient (Wildman–Crippen LogP) is 3.19. The Bertz CT molecular complexity index is 413. The van der Waals surface area contributed by atoms with Crippen LogP contribution in [0.5, 0.6) is 5.75 Å². The summed E-state index contributed by atoms with van der Waals surface area (Å²) >= 11 is 0. The molecule has 0 aliphatic heterocycles. The first-order valence-corrected chi connectivity index (χ1v) is 4.93. The van der Waals surface area contributed by atoms with Gasteiger partial charge in [-0.1, -0.05) is 6.92 Å². The first kappa shape index (κ1) is 13.3. The Labute approximate surface area is 95.8 Å². The van der Waals surface area contributed by atoms with Crippen LogP contribution >= 0.6 is 0 Å². The second kappa shape index (κ2) is 5.07. The minimum Gasteiger partial charge on any atom is -0.494 e. The maximum Gasteiger partial charge on any atom is 0.417 e. The van der Waals surface area contributed by atoms with Gasteiger partial charge in [0, 0.05) is 0 Å². The van der Waals surface area contributed by atoms with E-state index >= 15 is 0 Å². The van der Waals surface area contributed by atoms with E-state index < -0.39 is 23.3 Å². The van der Waals surface area contributed by atoms with E-state index in [0.717, 1.165) is 6.07 Å². The van der Waals surface area contributed by atoms with Crippen molar-refractivity contribution in [2.75, 3.05) is 6.61 Å². The van der Waals surface area contributed by atoms with Crippen molar-refractivity contribution < 1.29 is 27.8 Å². The normalized spacial score (nSPS) is 11.3. The molecule has 0 spiro atoms. The maximum atomic E-state index is 12.6. The van der Waals surface area contributed by atoms with Gasteiger partial charge in [-0.05, 0) is 24.6 Å². The van der Waals surface area contributed by atoms with Crippen LogP contribution in [-0.4, -0.2) is 17.7 Å². The molecule has 1 rings (SSSR count). The van der Waals surface area contributed by atoms with Crippen molar-refractivity contribution in [3.63, 3.8) is 0 Å². The lowest BCUT2D eigenvalue weighted by atomic mass is 10.1. The van der Waals surface area contributed by atoms with E-state index in [9.17, 15) is 18.0 Å². The SMILES string of the molecule is CCCOc1ccc(C(=O)O)c(C(F)(F)F)c1. The Morgan fingerprint density at radius 2 is 2.06 bits per heavy atom. The number of rotatable bonds is 4. The van der Waals surface area contributed by atoms with Crippen molar-refractivity contribution in [1.29, 1.82) is 0 Å². The van der Waals surface area contributed by atoms with Gasteiger partial charge < -0.3 is 9.84 Å². The molecule has 94 valence electrons. The zero-order valence-corrected chi connectivity index (χ0v) is 9.04. The summed E-state index contributed by atoms with van der Waals surface area (Å²) in [5, 5.41) is 8.66. The molecule has 17 heavy (non-hydrogen) atoms. The number of carboxylic acids is 1. The number of halogens is 3. The number of carboxylic acid groups (broad SMARTS) is 1. The molecule has 0 amide bonds. The number of hydrogen-bond donors (Lipinski definition) is 1. The van der Waals surface area contributed by atoms with Gasteiger partial charge in [0.1, 0.15) is 5.75 Å². The minimum absolute atomic E-state index is 0.0178. The molecule has 0 bridgehead atoms. The van der Waals surface area contributed by atoms with Gasteiger partial charge in [0.05, 0.1) is 17.7 Å². The van der Waals surface area contributed by atoms with Crippen molar-refractivity contribution in [1.82, 2.24) is 0 Å². The van der Waals surface area contributed by atoms with Gasteiger partial charge in [0.25, 0.3) is 0 Å². The van der Waals surface area contributed by atoms with E-state index in [4.69, 9.17) is 9.84 Å². The summed E-state index contributed by atoms with van der Waals surface area (Å²) < 4.78 is 42.8. The van der Waals surface area contributed by atoms with Gasteiger partial charge in [-0.25, -0.2) is 4.79 Å². The van der Waals surface area contributed by atoms with Gasteiger partial charge in [-0.2, -0.15) is 13.2 Å². The zero-order valence-electron chi connectivity index (χ0n) is 9.04. The fourth-order valence-corrected chi connectivity index (χ4v) is 1.25. The van der Waals surface area contributed by atoms with Crippen LogP contribution in [0.4, 0.5) is 13.2 Å². The molecule has 1 aromatic carbocycles. The Balaban J connectivity index is 3.15. The first-order chi connectivity index (χ1) is 7.86. The van der Waals surface area contributed by atoms with E-state index in [1.807, 2.05) is 6.92 Å². The highest BCUT2D eigenvalue weighted by Gasteiger charge is 2.35. The van der Waals surface area contributed by atoms with Crippen LogP contribution in [0.1, 0.15) is 29.3 Å². The Kier molecular flexibility index (Phi) is 3.98. The standard InChI is InChI=1S/C11H11F3O3/c1-2-5-17-7-3-4-8(10(15)16)9(6-7)11(12,13)14/h3-4,6H,2,5H2,1H3,(H,15,16). The van der Waals surface area contributed by atoms with E-state index in [-0.39, 0.29) is 12.4 Å². The second-order valence-corrected chi connectivity index (χ2v) is 3.36. The summed E-state index contributed by atoms with van der Waals surface area (Å²) in [6.07, 6.45) is -4.05. The van der Waals surface area contributed by atoms with Gasteiger partial charge in [0.15, 0.2) is 0 Å². The summed E-state index contributed by atoms with van der Waals surface area (Å²) in [4.78, 5) is 10.7. The third-order valence-corrected chi connectivity index (χ3v) is 2.00. The second-order valence-electron chi connectivity index (χ2n) is 3.36. The molecule has 6 heteroatoms. The van der Waals surface area contributed by atoms with E-state index in [2.05, 4.69) is 0 Å². The average molecular weight is 248 g/mol. The monoisotopic (exact) mass is 248 g/mol. The van der Waals surface area contributed by atoms with Crippen molar-refractivity contribution in [2.45, 2.75) is 19.5 Å². The molecular weight excluding hydrogens is 237 g/mol. The smallest absolute Gasteiger partial charge is 0.417 e. The molecule has 0 unspecified atom stereocenters. The molecule has 1 aromatic rings. The summed E-state index contributed by atoms with van der Waals surface area (Å²) in [5.41, 5.74) is -1.97. The Morgan fingerprint density at radius 3 is 2.53 bits per heavy atom. The Morgan fingerprint density at radius 1 is 1.41 bits per heavy atom. The molecular formula is C11H11F3O3. The van der Waals surface area contributed by atoms with E-state index in [1.54, 1.807) is 0 Å². The molecule has 0 aromatic heterocycles. The third-order valence-electron chi connectivity index (χ3n) is 2.00. The third kappa shape index (κ3) is 3.37. The molecule has 0 atom stereocenters. The number of carbonyl (C=O) groups is 1. The molecule has 0 saturated carbocycles. The highest BCUT2D eigenvalue weighted by Crippen LogP contribution is 2.34. The van der Waals surface area contributed by atoms with Gasteiger partial charge in [0.2, 0.25) is 0 Å². The van der Waals surface area contributed by atoms with Gasteiger partial charge >= 0.3 is 12.1 Å². The van der Waals surface area contributed by atoms with Gasteiger partial charge in [-0.3, -0.25) is 0 Å². The van der Waals surface area contributed by atoms with Crippen molar-refractivity contribution in [2.24, 2.45) is 0 Å². The highest BCUT2D eigenvalue weighted by atomic mass is 19.4. The summed E-state index contributed by atoms with van der Waals surface area (Å²) in [6.45, 7) is 2.10. The van der Waals surface area contributed by atoms with E-state index in [1.165, 1.54) is 6.07 Å². The zero-order chi connectivity index (χ0) is 13.1. The number of hydrogen-bond acceptors (Lipinski definition) is 2. The van der Waals surface area contributed by atoms with E-state index in [0.29, 0.717) is 12.5 Å². The molecule has 1 N–H and O–H groups in total. The molecule has 0 fully saturated rings. The molecule has 0 aliphatic rings. The van der Waals surface area contributed by atoms with Crippen LogP contribution < -0.4 is 4.74 Å². The number of benzene rings is 1. The van der Waals surface area contributed by atoms with Crippen LogP contribution in [0.3, 0.4) is 0 Å². The molecule has 0 radical (unpaired) electrons. The summed E-state index contributed by atoms with van der Waals surface area (Å²) in [6, 6.07) is 2.82. The lowest BCUT2D eigenvalue weighted by Gasteiger charge is -2.12. The van der Waals surface area contributed by atoms with Crippen LogP contribution in [0.25, 0.3) is 0 Å². The van der Waals surface area contributed by atoms with Crippen molar-refractivity contribution in [3.05, 3.63) is 29.3 Å². The number of aromatic carboxylic acids is 1. The summed E-state index contributed by atoms with van der Waals surface area (Å²) in [5.74, 6) is -1.59. The lowest BCUT2D eigenvalue weighted by molar-refractivity contribution is -0.138. The number of ether oxygens (including phenoxy) is 1.